The number of fused-ring (bicyclic) bond motifs is 3. The average molecular weight is 1230 g/mol. The summed E-state index contributed by atoms with van der Waals surface area (Å²) in [7, 11) is 4.42. The van der Waals surface area contributed by atoms with E-state index in [0.29, 0.717) is 117 Å². The second-order valence-corrected chi connectivity index (χ2v) is 24.4. The van der Waals surface area contributed by atoms with E-state index < -0.39 is 53.0 Å². The van der Waals surface area contributed by atoms with Crippen LogP contribution in [-0.2, 0) is 33.3 Å². The van der Waals surface area contributed by atoms with Crippen molar-refractivity contribution in [2.75, 3.05) is 64.9 Å². The number of carbonyl (C=O) groups excluding carboxylic acids is 4. The zero-order valence-electron chi connectivity index (χ0n) is 49.9. The van der Waals surface area contributed by atoms with Gasteiger partial charge in [0, 0.05) is 61.5 Å². The minimum absolute atomic E-state index is 0.0389. The number of carbonyl (C=O) groups is 4. The maximum Gasteiger partial charge on any atom is 0.408 e. The maximum absolute atomic E-state index is 14.8. The number of pyridine rings is 2. The highest BCUT2D eigenvalue weighted by Gasteiger charge is 2.62. The smallest absolute Gasteiger partial charge is 0.408 e. The van der Waals surface area contributed by atoms with Gasteiger partial charge in [-0.1, -0.05) is 50.0 Å². The number of aromatic nitrogens is 4. The number of alkyl carbamates (subject to hydrolysis) is 1. The van der Waals surface area contributed by atoms with Gasteiger partial charge in [0.1, 0.15) is 94.3 Å². The van der Waals surface area contributed by atoms with Crippen LogP contribution in [0.5, 0.6) is 17.2 Å². The Bertz CT molecular complexity index is 3520. The number of amides is 3. The molecule has 4 aromatic heterocycles. The zero-order valence-corrected chi connectivity index (χ0v) is 51.4. The predicted octanol–water partition coefficient (Wildman–Crippen LogP) is 9.59. The molecular weight excluding hydrogens is 1150 g/mol. The Kier molecular flexibility index (Phi) is 19.4. The van der Waals surface area contributed by atoms with Gasteiger partial charge in [-0.05, 0) is 94.9 Å². The Morgan fingerprint density at radius 3 is 2.00 bits per heavy atom. The summed E-state index contributed by atoms with van der Waals surface area (Å²) in [5.41, 5.74) is 0.392. The van der Waals surface area contributed by atoms with E-state index in [0.717, 1.165) is 12.8 Å². The number of esters is 1. The fourth-order valence-corrected chi connectivity index (χ4v) is 11.4. The van der Waals surface area contributed by atoms with Gasteiger partial charge in [-0.3, -0.25) is 14.4 Å². The molecule has 1 unspecified atom stereocenters. The molecule has 4 aliphatic rings. The fourth-order valence-electron chi connectivity index (χ4n) is 10.9. The topological polar surface area (TPSA) is 282 Å². The molecule has 462 valence electrons. The van der Waals surface area contributed by atoms with Crippen molar-refractivity contribution >= 4 is 80.9 Å². The number of nitrogens with one attached hydrogen (secondary N) is 5. The lowest BCUT2D eigenvalue weighted by Gasteiger charge is -2.35. The number of hydrogen-bond acceptors (Lipinski definition) is 19. The number of benzene rings is 2. The van der Waals surface area contributed by atoms with E-state index in [1.54, 1.807) is 50.6 Å². The standard InChI is InChI=1S/C43H55ClN6O10.C18H20ClN3O4/c1-9-25-19-43(25,39(53)56-8)49-37(51)31-17-27(20-50(31)38(52)36(42(4,5)6)48-41(54)60-26-15-23-14-24(23)16-26)59-33-18-29(30-21-58-40(47-30)45-22(2)3)46-35-28(33)10-11-32(34(35)44)57-13-12-55-7;1-10(2)20-18-22-13(9-26-18)12-8-14(23)11-4-5-15(25-7-6-24-3)16(19)17(11)21-12/h9-11,18,21-27,31,36H,1,12-17,19-20H2,2-8H3,(H,45,47)(H,48,54)(H,49,51);4-5,8-10H,6-7H2,1-3H3,(H,20,22)(H,21,23)/t23-,24+,25-,26?,27+,31+,36-,43-;/m1./s1. The molecule has 1 saturated heterocycles. The van der Waals surface area contributed by atoms with E-state index >= 15 is 0 Å². The summed E-state index contributed by atoms with van der Waals surface area (Å²) in [6, 6.07) is 8.77. The monoisotopic (exact) mass is 1230 g/mol. The van der Waals surface area contributed by atoms with Crippen molar-refractivity contribution < 1.29 is 61.2 Å². The van der Waals surface area contributed by atoms with Crippen molar-refractivity contribution in [2.24, 2.45) is 23.2 Å². The molecular formula is C61H75Cl2N9O14. The summed E-state index contributed by atoms with van der Waals surface area (Å²) in [4.78, 5) is 86.3. The van der Waals surface area contributed by atoms with E-state index in [4.69, 9.17) is 70.2 Å². The largest absolute Gasteiger partial charge is 0.490 e. The third kappa shape index (κ3) is 14.3. The van der Waals surface area contributed by atoms with Gasteiger partial charge >= 0.3 is 12.1 Å². The van der Waals surface area contributed by atoms with Gasteiger partial charge in [0.25, 0.3) is 12.0 Å². The Morgan fingerprint density at radius 2 is 1.41 bits per heavy atom. The van der Waals surface area contributed by atoms with Crippen molar-refractivity contribution in [3.05, 3.63) is 81.8 Å². The summed E-state index contributed by atoms with van der Waals surface area (Å²) < 4.78 is 50.3. The highest BCUT2D eigenvalue weighted by atomic mass is 35.5. The Labute approximate surface area is 507 Å². The second-order valence-electron chi connectivity index (χ2n) is 23.7. The van der Waals surface area contributed by atoms with Gasteiger partial charge in [-0.25, -0.2) is 14.6 Å². The van der Waals surface area contributed by atoms with E-state index in [1.165, 1.54) is 37.0 Å². The summed E-state index contributed by atoms with van der Waals surface area (Å²) in [5, 5.41) is 13.5. The number of rotatable bonds is 23. The molecule has 86 heavy (non-hydrogen) atoms. The van der Waals surface area contributed by atoms with Gasteiger partial charge in [0.15, 0.2) is 5.43 Å². The van der Waals surface area contributed by atoms with Crippen LogP contribution in [-0.4, -0.2) is 145 Å². The van der Waals surface area contributed by atoms with Crippen LogP contribution < -0.4 is 40.9 Å². The number of halogens is 2. The first-order valence-electron chi connectivity index (χ1n) is 28.7. The number of aromatic amines is 1. The summed E-state index contributed by atoms with van der Waals surface area (Å²) in [6.45, 7) is 18.5. The van der Waals surface area contributed by atoms with Crippen molar-refractivity contribution in [3.63, 3.8) is 0 Å². The van der Waals surface area contributed by atoms with Crippen LogP contribution in [0.4, 0.5) is 16.8 Å². The molecule has 4 fully saturated rings. The fraction of sp³-hybridized carbons (Fsp3) is 0.508. The van der Waals surface area contributed by atoms with Crippen molar-refractivity contribution in [2.45, 2.75) is 122 Å². The first kappa shape index (κ1) is 62.9. The summed E-state index contributed by atoms with van der Waals surface area (Å²) >= 11 is 13.4. The van der Waals surface area contributed by atoms with Crippen LogP contribution in [0.15, 0.2) is 75.2 Å². The van der Waals surface area contributed by atoms with E-state index in [1.807, 2.05) is 48.5 Å². The third-order valence-corrected chi connectivity index (χ3v) is 16.1. The van der Waals surface area contributed by atoms with Crippen molar-refractivity contribution in [1.29, 1.82) is 0 Å². The SMILES string of the molecule is C=C[C@@H]1C[C@]1(NC(=O)[C@@H]1C[C@H](Oc2cc(-c3coc(NC(C)C)n3)nc3c(Cl)c(OCCOC)ccc23)CN1C(=O)[C@@H](NC(=O)OC1C[C@@H]2C[C@@H]2C1)C(C)(C)C)C(=O)OC.COCCOc1ccc2c(=O)cc(-c3coc(NC(C)C)n3)[nH]c2c1Cl. The van der Waals surface area contributed by atoms with Crippen LogP contribution in [0.25, 0.3) is 44.6 Å². The number of anilines is 2. The molecule has 0 radical (unpaired) electrons. The van der Waals surface area contributed by atoms with E-state index in [2.05, 4.69) is 42.8 Å². The summed E-state index contributed by atoms with van der Waals surface area (Å²) in [5.74, 6) is 0.375. The van der Waals surface area contributed by atoms with Crippen LogP contribution >= 0.6 is 23.2 Å². The van der Waals surface area contributed by atoms with Crippen molar-refractivity contribution in [3.8, 4) is 40.0 Å². The molecule has 1 aliphatic heterocycles. The van der Waals surface area contributed by atoms with Crippen molar-refractivity contribution in [1.82, 2.24) is 35.5 Å². The molecule has 5 heterocycles. The molecule has 0 bridgehead atoms. The van der Waals surface area contributed by atoms with E-state index in [-0.39, 0.29) is 54.1 Å². The minimum Gasteiger partial charge on any atom is -0.490 e. The highest BCUT2D eigenvalue weighted by Crippen LogP contribution is 2.53. The molecule has 5 N–H and O–H groups in total. The molecule has 0 spiro atoms. The lowest BCUT2D eigenvalue weighted by molar-refractivity contribution is -0.148. The summed E-state index contributed by atoms with van der Waals surface area (Å²) in [6.07, 6.45) is 6.06. The second kappa shape index (κ2) is 26.6. The van der Waals surface area contributed by atoms with Gasteiger partial charge in [-0.15, -0.1) is 6.58 Å². The molecule has 25 heteroatoms. The van der Waals surface area contributed by atoms with Gasteiger partial charge in [0.2, 0.25) is 11.8 Å². The lowest BCUT2D eigenvalue weighted by atomic mass is 9.85. The maximum atomic E-state index is 14.8. The number of ether oxygens (including phenoxy) is 7. The van der Waals surface area contributed by atoms with Crippen LogP contribution in [0.2, 0.25) is 10.0 Å². The minimum atomic E-state index is -1.31. The first-order chi connectivity index (χ1) is 41.0. The Balaban J connectivity index is 0.000000282. The Morgan fingerprint density at radius 1 is 0.791 bits per heavy atom. The molecule has 10 rings (SSSR count). The van der Waals surface area contributed by atoms with Gasteiger partial charge in [0.05, 0.1) is 49.3 Å². The highest BCUT2D eigenvalue weighted by molar-refractivity contribution is 6.37. The van der Waals surface area contributed by atoms with Crippen LogP contribution in [0.3, 0.4) is 0 Å². The molecule has 3 aliphatic carbocycles. The number of hydrogen-bond donors (Lipinski definition) is 5. The molecule has 6 aromatic rings. The molecule has 3 saturated carbocycles. The molecule has 2 aromatic carbocycles. The number of likely N-dealkylation sites (tertiary alicyclic amines) is 1. The van der Waals surface area contributed by atoms with Crippen LogP contribution in [0, 0.1) is 23.2 Å². The number of methoxy groups -OCH3 is 3. The van der Waals surface area contributed by atoms with Gasteiger partial charge in [-0.2, -0.15) is 9.97 Å². The number of H-pyrrole nitrogens is 1. The Hall–Kier alpha value is -7.60. The first-order valence-corrected chi connectivity index (χ1v) is 29.4. The third-order valence-electron chi connectivity index (χ3n) is 15.4. The molecule has 3 amide bonds. The average Bonchev–Trinajstić information content (AvgIpc) is 1.57. The van der Waals surface area contributed by atoms with Gasteiger partial charge < -0.3 is 73.1 Å². The number of nitrogens with zero attached hydrogens (tertiary/aromatic N) is 4. The lowest BCUT2D eigenvalue weighted by Crippen LogP contribution is -2.59. The quantitative estimate of drug-likeness (QED) is 0.0227. The molecule has 23 nitrogen and oxygen atoms in total. The van der Waals surface area contributed by atoms with E-state index in [9.17, 15) is 24.0 Å². The van der Waals surface area contributed by atoms with Crippen LogP contribution in [0.1, 0.15) is 80.6 Å². The normalized spacial score (nSPS) is 21.5. The molecule has 8 atom stereocenters. The number of oxazole rings is 2. The predicted molar refractivity (Wildman–Crippen MR) is 323 cm³/mol. The zero-order chi connectivity index (χ0) is 61.8.